The molecule has 2 bridgehead atoms. The fraction of sp³-hybridized carbons (Fsp3) is 0.375. The minimum atomic E-state index is -1.66. The fourth-order valence-electron chi connectivity index (χ4n) is 3.83. The summed E-state index contributed by atoms with van der Waals surface area (Å²) in [6.07, 6.45) is 0.369. The third-order valence-corrected chi connectivity index (χ3v) is 4.90. The molecule has 0 aromatic heterocycles. The maximum Gasteiger partial charge on any atom is 0.210 e. The number of hydrogen-bond donors (Lipinski definition) is 1. The van der Waals surface area contributed by atoms with Crippen LogP contribution in [0.4, 0.5) is 0 Å². The van der Waals surface area contributed by atoms with Crippen molar-refractivity contribution in [3.8, 4) is 18.2 Å². The second kappa shape index (κ2) is 3.84. The van der Waals surface area contributed by atoms with Gasteiger partial charge in [-0.2, -0.15) is 15.8 Å². The maximum absolute atomic E-state index is 9.78. The summed E-state index contributed by atoms with van der Waals surface area (Å²) in [7, 11) is 0. The highest BCUT2D eigenvalue weighted by Crippen LogP contribution is 2.70. The minimum Gasteiger partial charge on any atom is -0.471 e. The van der Waals surface area contributed by atoms with Crippen LogP contribution < -0.4 is 0 Å². The van der Waals surface area contributed by atoms with Gasteiger partial charge in [0.15, 0.2) is 5.41 Å². The minimum absolute atomic E-state index is 0.268. The summed E-state index contributed by atoms with van der Waals surface area (Å²) in [5, 5.41) is 37.2. The van der Waals surface area contributed by atoms with Crippen LogP contribution >= 0.6 is 0 Å². The number of hydrogen-bond acceptors (Lipinski definition) is 5. The third kappa shape index (κ3) is 1.17. The molecule has 3 atom stereocenters. The Balaban J connectivity index is 2.31. The first-order chi connectivity index (χ1) is 10.0. The van der Waals surface area contributed by atoms with Crippen molar-refractivity contribution in [1.82, 2.24) is 0 Å². The Kier molecular flexibility index (Phi) is 2.41. The summed E-state index contributed by atoms with van der Waals surface area (Å²) in [6, 6.07) is 15.4. The molecule has 0 radical (unpaired) electrons. The highest BCUT2D eigenvalue weighted by molar-refractivity contribution is 5.92. The Morgan fingerprint density at radius 2 is 1.76 bits per heavy atom. The summed E-state index contributed by atoms with van der Waals surface area (Å²) in [6.45, 7) is 1.65. The van der Waals surface area contributed by atoms with Crippen LogP contribution in [0.5, 0.6) is 0 Å². The third-order valence-electron chi connectivity index (χ3n) is 4.90. The second-order valence-corrected chi connectivity index (χ2v) is 5.72. The van der Waals surface area contributed by atoms with E-state index in [4.69, 9.17) is 10.1 Å². The van der Waals surface area contributed by atoms with E-state index in [0.29, 0.717) is 6.42 Å². The Morgan fingerprint density at radius 1 is 1.14 bits per heavy atom. The average molecular weight is 276 g/mol. The summed E-state index contributed by atoms with van der Waals surface area (Å²) >= 11 is 0. The first-order valence-corrected chi connectivity index (χ1v) is 6.58. The summed E-state index contributed by atoms with van der Waals surface area (Å²) in [5.74, 6) is -0.662. The number of nitriles is 3. The van der Waals surface area contributed by atoms with E-state index in [9.17, 15) is 15.8 Å². The molecule has 3 rings (SSSR count). The molecule has 1 aliphatic carbocycles. The quantitative estimate of drug-likeness (QED) is 0.850. The van der Waals surface area contributed by atoms with Gasteiger partial charge in [-0.05, 0) is 18.9 Å². The van der Waals surface area contributed by atoms with Crippen LogP contribution in [0.15, 0.2) is 30.3 Å². The van der Waals surface area contributed by atoms with Gasteiger partial charge in [0.25, 0.3) is 0 Å². The Labute approximate surface area is 122 Å². The van der Waals surface area contributed by atoms with Crippen LogP contribution in [0, 0.1) is 50.2 Å². The van der Waals surface area contributed by atoms with Crippen molar-refractivity contribution in [3.63, 3.8) is 0 Å². The Morgan fingerprint density at radius 3 is 2.29 bits per heavy atom. The Bertz CT molecular complexity index is 737. The zero-order valence-corrected chi connectivity index (χ0v) is 11.4. The first-order valence-electron chi connectivity index (χ1n) is 6.58. The van der Waals surface area contributed by atoms with Crippen LogP contribution in [0.2, 0.25) is 0 Å². The van der Waals surface area contributed by atoms with E-state index >= 15 is 0 Å². The SMILES string of the molecule is CC12CC(c3ccccc3)C(C#N)(C(=N)O1)C2(C#N)C#N. The molecule has 1 N–H and O–H groups in total. The molecule has 1 saturated carbocycles. The summed E-state index contributed by atoms with van der Waals surface area (Å²) in [5.41, 5.74) is -3.49. The molecule has 1 aromatic carbocycles. The van der Waals surface area contributed by atoms with Crippen molar-refractivity contribution < 1.29 is 4.74 Å². The highest BCUT2D eigenvalue weighted by atomic mass is 16.5. The molecule has 0 amide bonds. The molecule has 3 unspecified atom stereocenters. The van der Waals surface area contributed by atoms with Gasteiger partial charge in [0, 0.05) is 5.92 Å². The fourth-order valence-corrected chi connectivity index (χ4v) is 3.83. The molecule has 5 nitrogen and oxygen atoms in total. The van der Waals surface area contributed by atoms with E-state index in [2.05, 4.69) is 6.07 Å². The van der Waals surface area contributed by atoms with E-state index in [1.54, 1.807) is 6.92 Å². The Hall–Kier alpha value is -2.84. The van der Waals surface area contributed by atoms with E-state index in [0.717, 1.165) is 5.56 Å². The van der Waals surface area contributed by atoms with Crippen LogP contribution in [0.3, 0.4) is 0 Å². The van der Waals surface area contributed by atoms with Crippen LogP contribution in [-0.2, 0) is 4.74 Å². The molecule has 102 valence electrons. The molecule has 1 aromatic rings. The normalized spacial score (nSPS) is 35.3. The van der Waals surface area contributed by atoms with Gasteiger partial charge < -0.3 is 4.74 Å². The molecule has 1 heterocycles. The van der Waals surface area contributed by atoms with Crippen molar-refractivity contribution in [3.05, 3.63) is 35.9 Å². The monoisotopic (exact) mass is 276 g/mol. The van der Waals surface area contributed by atoms with Gasteiger partial charge in [-0.3, -0.25) is 5.41 Å². The molecule has 21 heavy (non-hydrogen) atoms. The lowest BCUT2D eigenvalue weighted by Gasteiger charge is -2.30. The number of benzene rings is 1. The molecular weight excluding hydrogens is 264 g/mol. The van der Waals surface area contributed by atoms with E-state index < -0.39 is 22.3 Å². The summed E-state index contributed by atoms with van der Waals surface area (Å²) in [4.78, 5) is 0. The maximum atomic E-state index is 9.78. The van der Waals surface area contributed by atoms with Gasteiger partial charge in [0.1, 0.15) is 5.60 Å². The molecule has 1 saturated heterocycles. The van der Waals surface area contributed by atoms with Crippen molar-refractivity contribution in [2.45, 2.75) is 24.9 Å². The molecule has 1 aliphatic heterocycles. The van der Waals surface area contributed by atoms with Crippen molar-refractivity contribution >= 4 is 5.90 Å². The number of nitrogens with one attached hydrogen (secondary N) is 1. The lowest BCUT2D eigenvalue weighted by atomic mass is 9.62. The first kappa shape index (κ1) is 13.2. The van der Waals surface area contributed by atoms with E-state index in [1.165, 1.54) is 0 Å². The predicted octanol–water partition coefficient (Wildman–Crippen LogP) is 2.48. The van der Waals surface area contributed by atoms with Gasteiger partial charge >= 0.3 is 0 Å². The number of fused-ring (bicyclic) bond motifs is 2. The van der Waals surface area contributed by atoms with Crippen molar-refractivity contribution in [1.29, 1.82) is 21.2 Å². The second-order valence-electron chi connectivity index (χ2n) is 5.72. The largest absolute Gasteiger partial charge is 0.471 e. The van der Waals surface area contributed by atoms with Gasteiger partial charge in [0.2, 0.25) is 11.3 Å². The van der Waals surface area contributed by atoms with Gasteiger partial charge in [-0.25, -0.2) is 0 Å². The average Bonchev–Trinajstić information content (AvgIpc) is 2.84. The topological polar surface area (TPSA) is 104 Å². The summed E-state index contributed by atoms with van der Waals surface area (Å²) < 4.78 is 5.51. The van der Waals surface area contributed by atoms with Crippen LogP contribution in [0.25, 0.3) is 0 Å². The van der Waals surface area contributed by atoms with Crippen LogP contribution in [0.1, 0.15) is 24.8 Å². The van der Waals surface area contributed by atoms with Crippen molar-refractivity contribution in [2.24, 2.45) is 10.8 Å². The number of ether oxygens (including phenoxy) is 1. The van der Waals surface area contributed by atoms with Crippen LogP contribution in [-0.4, -0.2) is 11.5 Å². The highest BCUT2D eigenvalue weighted by Gasteiger charge is 2.82. The van der Waals surface area contributed by atoms with E-state index in [-0.39, 0.29) is 5.90 Å². The number of rotatable bonds is 1. The molecule has 0 spiro atoms. The molecule has 2 aliphatic rings. The van der Waals surface area contributed by atoms with Gasteiger partial charge in [0.05, 0.1) is 18.2 Å². The van der Waals surface area contributed by atoms with Crippen molar-refractivity contribution in [2.75, 3.05) is 0 Å². The standard InChI is InChI=1S/C16H12N4O/c1-14-7-12(11-5-3-2-4-6-11)16(10-19,13(20)21-14)15(14,8-17)9-18/h2-6,12,20H,7H2,1H3. The zero-order valence-electron chi connectivity index (χ0n) is 11.4. The smallest absolute Gasteiger partial charge is 0.210 e. The molecule has 2 fully saturated rings. The van der Waals surface area contributed by atoms with E-state index in [1.807, 2.05) is 42.5 Å². The predicted molar refractivity (Wildman–Crippen MR) is 72.7 cm³/mol. The van der Waals surface area contributed by atoms with Gasteiger partial charge in [-0.15, -0.1) is 0 Å². The molecule has 5 heteroatoms. The number of nitrogens with zero attached hydrogens (tertiary/aromatic N) is 3. The lowest BCUT2D eigenvalue weighted by Crippen LogP contribution is -2.43. The molecular formula is C16H12N4O. The lowest BCUT2D eigenvalue weighted by molar-refractivity contribution is 0.0527. The van der Waals surface area contributed by atoms with Gasteiger partial charge in [-0.1, -0.05) is 30.3 Å². The zero-order chi connectivity index (χ0) is 15.3.